The molecule has 0 bridgehead atoms. The quantitative estimate of drug-likeness (QED) is 0.207. The van der Waals surface area contributed by atoms with Gasteiger partial charge in [-0.2, -0.15) is 8.78 Å². The topological polar surface area (TPSA) is 76.7 Å². The van der Waals surface area contributed by atoms with Gasteiger partial charge in [0.05, 0.1) is 6.61 Å². The molecule has 11 heteroatoms. The van der Waals surface area contributed by atoms with Crippen molar-refractivity contribution in [1.82, 2.24) is 9.55 Å². The van der Waals surface area contributed by atoms with Crippen molar-refractivity contribution in [1.29, 1.82) is 0 Å². The predicted molar refractivity (Wildman–Crippen MR) is 137 cm³/mol. The van der Waals surface area contributed by atoms with Gasteiger partial charge in [0.2, 0.25) is 0 Å². The van der Waals surface area contributed by atoms with Crippen LogP contribution in [0, 0.1) is 5.92 Å². The molecule has 0 aliphatic heterocycles. The lowest BCUT2D eigenvalue weighted by Crippen LogP contribution is -2.19. The van der Waals surface area contributed by atoms with Crippen LogP contribution in [-0.4, -0.2) is 28.7 Å². The minimum absolute atomic E-state index is 0.0847. The molecule has 0 radical (unpaired) electrons. The normalized spacial score (nSPS) is 14.0. The fourth-order valence-corrected chi connectivity index (χ4v) is 4.62. The zero-order valence-corrected chi connectivity index (χ0v) is 21.6. The summed E-state index contributed by atoms with van der Waals surface area (Å²) in [4.78, 5) is 20.3. The lowest BCUT2D eigenvalue weighted by molar-refractivity contribution is -0.377. The van der Waals surface area contributed by atoms with E-state index in [1.807, 2.05) is 18.2 Å². The van der Waals surface area contributed by atoms with E-state index in [1.165, 1.54) is 6.07 Å². The zero-order chi connectivity index (χ0) is 26.6. The van der Waals surface area contributed by atoms with Crippen LogP contribution in [0.1, 0.15) is 30.1 Å². The summed E-state index contributed by atoms with van der Waals surface area (Å²) < 4.78 is 44.1. The summed E-state index contributed by atoms with van der Waals surface area (Å²) in [6, 6.07) is 10.1. The number of pyridine rings is 2. The third-order valence-electron chi connectivity index (χ3n) is 6.21. The molecule has 1 fully saturated rings. The van der Waals surface area contributed by atoms with Crippen molar-refractivity contribution < 1.29 is 32.8 Å². The van der Waals surface area contributed by atoms with E-state index >= 15 is 0 Å². The molecule has 38 heavy (non-hydrogen) atoms. The van der Waals surface area contributed by atoms with Gasteiger partial charge in [0.1, 0.15) is 28.3 Å². The number of nitrogens with one attached hydrogen (secondary N) is 1. The van der Waals surface area contributed by atoms with Crippen molar-refractivity contribution in [2.75, 3.05) is 6.61 Å². The van der Waals surface area contributed by atoms with Crippen molar-refractivity contribution in [3.63, 3.8) is 0 Å². The first-order valence-electron chi connectivity index (χ1n) is 12.0. The average molecular weight is 563 g/mol. The summed E-state index contributed by atoms with van der Waals surface area (Å²) in [6.07, 6.45) is 7.89. The van der Waals surface area contributed by atoms with E-state index in [1.54, 1.807) is 41.5 Å². The van der Waals surface area contributed by atoms with Gasteiger partial charge in [-0.05, 0) is 54.7 Å². The Morgan fingerprint density at radius 2 is 1.92 bits per heavy atom. The number of benzene rings is 1. The van der Waals surface area contributed by atoms with E-state index < -0.39 is 18.7 Å². The summed E-state index contributed by atoms with van der Waals surface area (Å²) in [7, 11) is 0. The maximum absolute atomic E-state index is 13.1. The second-order valence-corrected chi connectivity index (χ2v) is 9.83. The number of ether oxygens (including phenoxy) is 3. The van der Waals surface area contributed by atoms with Crippen LogP contribution in [-0.2, 0) is 22.5 Å². The summed E-state index contributed by atoms with van der Waals surface area (Å²) >= 11 is 12.8. The summed E-state index contributed by atoms with van der Waals surface area (Å²) in [6.45, 7) is -2.72. The van der Waals surface area contributed by atoms with Crippen LogP contribution in [0.4, 0.5) is 8.78 Å². The molecule has 0 spiro atoms. The van der Waals surface area contributed by atoms with E-state index in [4.69, 9.17) is 32.7 Å². The number of H-pyrrole nitrogens is 1. The third kappa shape index (κ3) is 6.34. The van der Waals surface area contributed by atoms with Gasteiger partial charge in [0.15, 0.2) is 23.9 Å². The highest BCUT2D eigenvalue weighted by molar-refractivity contribution is 6.35. The summed E-state index contributed by atoms with van der Waals surface area (Å²) in [5, 5.41) is 1.62. The molecular weight excluding hydrogens is 539 g/mol. The Morgan fingerprint density at radius 3 is 2.66 bits per heavy atom. The van der Waals surface area contributed by atoms with Gasteiger partial charge in [0.25, 0.3) is 0 Å². The first-order chi connectivity index (χ1) is 18.4. The van der Waals surface area contributed by atoms with Gasteiger partial charge in [-0.3, -0.25) is 4.79 Å². The van der Waals surface area contributed by atoms with Crippen molar-refractivity contribution in [3.8, 4) is 11.5 Å². The predicted octanol–water partition coefficient (Wildman–Crippen LogP) is 6.07. The lowest BCUT2D eigenvalue weighted by atomic mass is 10.0. The van der Waals surface area contributed by atoms with Crippen LogP contribution in [0.15, 0.2) is 61.2 Å². The minimum Gasteiger partial charge on any atom is -0.489 e. The molecule has 0 saturated heterocycles. The van der Waals surface area contributed by atoms with E-state index in [0.29, 0.717) is 39.3 Å². The molecule has 1 aliphatic carbocycles. The number of alkyl halides is 2. The number of carbonyl (C=O) groups is 1. The molecular formula is C27H24Cl2F2N3O4+. The van der Waals surface area contributed by atoms with Crippen molar-refractivity contribution in [2.45, 2.75) is 38.5 Å². The van der Waals surface area contributed by atoms with Crippen LogP contribution in [0.25, 0.3) is 11.0 Å². The van der Waals surface area contributed by atoms with Crippen LogP contribution in [0.5, 0.6) is 11.5 Å². The monoisotopic (exact) mass is 562 g/mol. The first-order valence-corrected chi connectivity index (χ1v) is 12.8. The molecule has 0 amide bonds. The van der Waals surface area contributed by atoms with Crippen LogP contribution in [0.3, 0.4) is 0 Å². The third-order valence-corrected chi connectivity index (χ3v) is 6.88. The number of hydrogen-bond acceptors (Lipinski definition) is 5. The van der Waals surface area contributed by atoms with E-state index in [0.717, 1.165) is 18.2 Å². The molecule has 5 rings (SSSR count). The molecule has 0 unspecified atom stereocenters. The Balaban J connectivity index is 1.44. The van der Waals surface area contributed by atoms with Gasteiger partial charge in [-0.25, -0.2) is 9.97 Å². The highest BCUT2D eigenvalue weighted by atomic mass is 35.5. The van der Waals surface area contributed by atoms with Crippen molar-refractivity contribution in [2.24, 2.45) is 5.92 Å². The molecule has 3 aromatic heterocycles. The Bertz CT molecular complexity index is 1420. The largest absolute Gasteiger partial charge is 0.489 e. The van der Waals surface area contributed by atoms with Crippen molar-refractivity contribution >= 4 is 40.2 Å². The first kappa shape index (κ1) is 26.2. The highest BCUT2D eigenvalue weighted by Crippen LogP contribution is 2.37. The van der Waals surface area contributed by atoms with E-state index in [2.05, 4.69) is 14.7 Å². The fraction of sp³-hybridized carbons (Fsp3) is 0.296. The Kier molecular flexibility index (Phi) is 7.95. The summed E-state index contributed by atoms with van der Waals surface area (Å²) in [5.41, 5.74) is 1.72. The second kappa shape index (κ2) is 11.5. The Labute approximate surface area is 227 Å². The van der Waals surface area contributed by atoms with Crippen LogP contribution < -0.4 is 14.5 Å². The van der Waals surface area contributed by atoms with Gasteiger partial charge < -0.3 is 18.8 Å². The van der Waals surface area contributed by atoms with Crippen LogP contribution >= 0.6 is 23.2 Å². The molecule has 4 aromatic rings. The SMILES string of the molecule is O=C(Cn1ccc2cccnc21)O[C@@H](Cc1c(Cl)c[nH+]cc1Cl)c1ccc(OC(F)F)c(OCC2CC2)c1. The number of halogens is 4. The van der Waals surface area contributed by atoms with Gasteiger partial charge in [-0.1, -0.05) is 29.3 Å². The molecule has 1 N–H and O–H groups in total. The number of hydrogen-bond donors (Lipinski definition) is 0. The van der Waals surface area contributed by atoms with Gasteiger partial charge in [0, 0.05) is 29.8 Å². The molecule has 198 valence electrons. The second-order valence-electron chi connectivity index (χ2n) is 9.01. The molecule has 1 aliphatic rings. The number of fused-ring (bicyclic) bond motifs is 1. The Morgan fingerprint density at radius 1 is 1.13 bits per heavy atom. The molecule has 1 atom stereocenters. The van der Waals surface area contributed by atoms with E-state index in [-0.39, 0.29) is 24.5 Å². The Hall–Kier alpha value is -3.43. The van der Waals surface area contributed by atoms with Crippen molar-refractivity contribution in [3.05, 3.63) is 82.4 Å². The average Bonchev–Trinajstić information content (AvgIpc) is 3.64. The number of aromatic nitrogens is 3. The van der Waals surface area contributed by atoms with Gasteiger partial charge >= 0.3 is 12.6 Å². The highest BCUT2D eigenvalue weighted by Gasteiger charge is 2.26. The number of carbonyl (C=O) groups excluding carboxylic acids is 1. The maximum atomic E-state index is 13.1. The molecule has 3 heterocycles. The fourth-order valence-electron chi connectivity index (χ4n) is 4.09. The maximum Gasteiger partial charge on any atom is 0.387 e. The van der Waals surface area contributed by atoms with Gasteiger partial charge in [-0.15, -0.1) is 0 Å². The summed E-state index contributed by atoms with van der Waals surface area (Å²) in [5.74, 6) is -0.0872. The van der Waals surface area contributed by atoms with E-state index in [9.17, 15) is 13.6 Å². The molecule has 7 nitrogen and oxygen atoms in total. The molecule has 1 saturated carbocycles. The smallest absolute Gasteiger partial charge is 0.387 e. The number of rotatable bonds is 11. The number of aromatic amines is 1. The minimum atomic E-state index is -3.01. The standard InChI is InChI=1S/C27H23Cl2F2N3O4/c28-20-12-32-13-21(29)19(20)11-23(37-25(35)14-34-9-7-17-2-1-8-33-26(17)34)18-5-6-22(38-27(30)31)24(10-18)36-15-16-3-4-16/h1-2,5-10,12-13,16,23,27H,3-4,11,14-15H2/p+1/t23-/m0/s1. The lowest BCUT2D eigenvalue weighted by Gasteiger charge is -2.21. The number of esters is 1. The zero-order valence-electron chi connectivity index (χ0n) is 20.1. The number of nitrogens with zero attached hydrogens (tertiary/aromatic N) is 2. The van der Waals surface area contributed by atoms with Crippen LogP contribution in [0.2, 0.25) is 10.0 Å². The molecule has 1 aromatic carbocycles.